The predicted molar refractivity (Wildman–Crippen MR) is 127 cm³/mol. The van der Waals surface area contributed by atoms with Gasteiger partial charge in [-0.3, -0.25) is 9.59 Å². The van der Waals surface area contributed by atoms with Crippen molar-refractivity contribution < 1.29 is 22.4 Å². The zero-order chi connectivity index (χ0) is 24.3. The van der Waals surface area contributed by atoms with Crippen LogP contribution < -0.4 is 15.4 Å². The lowest BCUT2D eigenvalue weighted by atomic mass is 10.0. The van der Waals surface area contributed by atoms with Crippen molar-refractivity contribution in [1.29, 1.82) is 0 Å². The Morgan fingerprint density at radius 2 is 1.48 bits per heavy atom. The van der Waals surface area contributed by atoms with Crippen LogP contribution in [0.25, 0.3) is 0 Å². The maximum atomic E-state index is 13.1. The van der Waals surface area contributed by atoms with Gasteiger partial charge in [0, 0.05) is 11.4 Å². The summed E-state index contributed by atoms with van der Waals surface area (Å²) in [4.78, 5) is 25.0. The molecule has 3 N–H and O–H groups in total. The second-order valence-electron chi connectivity index (χ2n) is 7.93. The SMILES string of the molecule is Cc1cc(C)c(C)c(S(=O)(=O)N[C@@H](C)C(=O)Nc2cccc(NC(=O)c3ccco3)c2)c1C. The van der Waals surface area contributed by atoms with Gasteiger partial charge < -0.3 is 15.1 Å². The molecule has 2 amide bonds. The fourth-order valence-electron chi connectivity index (χ4n) is 3.45. The molecule has 0 aliphatic rings. The maximum absolute atomic E-state index is 13.1. The molecular weight excluding hydrogens is 442 g/mol. The van der Waals surface area contributed by atoms with E-state index < -0.39 is 27.9 Å². The quantitative estimate of drug-likeness (QED) is 0.482. The molecule has 0 radical (unpaired) electrons. The van der Waals surface area contributed by atoms with Crippen molar-refractivity contribution in [3.05, 3.63) is 76.7 Å². The average molecular weight is 470 g/mol. The number of anilines is 2. The third-order valence-corrected chi connectivity index (χ3v) is 7.24. The van der Waals surface area contributed by atoms with Crippen LogP contribution in [0, 0.1) is 27.7 Å². The molecule has 0 bridgehead atoms. The summed E-state index contributed by atoms with van der Waals surface area (Å²) in [5.41, 5.74) is 3.88. The van der Waals surface area contributed by atoms with E-state index in [1.165, 1.54) is 19.3 Å². The molecule has 0 unspecified atom stereocenters. The van der Waals surface area contributed by atoms with E-state index in [1.807, 2.05) is 19.9 Å². The minimum atomic E-state index is -3.93. The summed E-state index contributed by atoms with van der Waals surface area (Å²) in [6.07, 6.45) is 1.40. The first-order valence-electron chi connectivity index (χ1n) is 10.3. The van der Waals surface area contributed by atoms with Crippen molar-refractivity contribution in [2.75, 3.05) is 10.6 Å². The highest BCUT2D eigenvalue weighted by atomic mass is 32.2. The molecule has 3 aromatic rings. The Bertz CT molecular complexity index is 1270. The van der Waals surface area contributed by atoms with Crippen LogP contribution >= 0.6 is 0 Å². The van der Waals surface area contributed by atoms with E-state index in [-0.39, 0.29) is 10.7 Å². The molecule has 1 heterocycles. The van der Waals surface area contributed by atoms with Crippen LogP contribution in [0.15, 0.2) is 58.0 Å². The average Bonchev–Trinajstić information content (AvgIpc) is 3.27. The standard InChI is InChI=1S/C24H27N3O5S/c1-14-12-15(2)17(4)22(16(14)3)33(30,31)27-18(5)23(28)25-19-8-6-9-20(13-19)26-24(29)21-10-7-11-32-21/h6-13,18,27H,1-5H3,(H,25,28)(H,26,29)/t18-/m0/s1. The molecule has 0 spiro atoms. The van der Waals surface area contributed by atoms with Gasteiger partial charge in [0.25, 0.3) is 5.91 Å². The van der Waals surface area contributed by atoms with E-state index >= 15 is 0 Å². The maximum Gasteiger partial charge on any atom is 0.291 e. The lowest BCUT2D eigenvalue weighted by molar-refractivity contribution is -0.117. The van der Waals surface area contributed by atoms with Gasteiger partial charge >= 0.3 is 0 Å². The van der Waals surface area contributed by atoms with Gasteiger partial charge in [0.05, 0.1) is 17.2 Å². The third kappa shape index (κ3) is 5.50. The zero-order valence-electron chi connectivity index (χ0n) is 19.1. The molecule has 0 aliphatic heterocycles. The van der Waals surface area contributed by atoms with Gasteiger partial charge in [-0.2, -0.15) is 4.72 Å². The van der Waals surface area contributed by atoms with Gasteiger partial charge in [0.15, 0.2) is 5.76 Å². The molecule has 174 valence electrons. The number of furan rings is 1. The summed E-state index contributed by atoms with van der Waals surface area (Å²) in [5, 5.41) is 5.35. The summed E-state index contributed by atoms with van der Waals surface area (Å²) in [6, 6.07) is 10.6. The van der Waals surface area contributed by atoms with Gasteiger partial charge in [0.1, 0.15) is 0 Å². The predicted octanol–water partition coefficient (Wildman–Crippen LogP) is 4.07. The van der Waals surface area contributed by atoms with Gasteiger partial charge in [-0.05, 0) is 87.2 Å². The largest absolute Gasteiger partial charge is 0.459 e. The number of carbonyl (C=O) groups is 2. The first-order chi connectivity index (χ1) is 15.5. The van der Waals surface area contributed by atoms with Crippen LogP contribution in [0.2, 0.25) is 0 Å². The number of amides is 2. The van der Waals surface area contributed by atoms with Crippen molar-refractivity contribution in [1.82, 2.24) is 4.72 Å². The second-order valence-corrected chi connectivity index (χ2v) is 9.58. The molecule has 3 rings (SSSR count). The molecule has 33 heavy (non-hydrogen) atoms. The van der Waals surface area contributed by atoms with Crippen LogP contribution in [-0.4, -0.2) is 26.3 Å². The van der Waals surface area contributed by atoms with Crippen molar-refractivity contribution in [2.24, 2.45) is 0 Å². The summed E-state index contributed by atoms with van der Waals surface area (Å²) < 4.78 is 33.7. The van der Waals surface area contributed by atoms with Gasteiger partial charge in [-0.15, -0.1) is 0 Å². The van der Waals surface area contributed by atoms with Crippen LogP contribution in [-0.2, 0) is 14.8 Å². The van der Waals surface area contributed by atoms with E-state index in [0.717, 1.165) is 11.1 Å². The first-order valence-corrected chi connectivity index (χ1v) is 11.8. The highest BCUT2D eigenvalue weighted by Crippen LogP contribution is 2.26. The number of benzene rings is 2. The van der Waals surface area contributed by atoms with E-state index in [4.69, 9.17) is 4.42 Å². The number of hydrogen-bond acceptors (Lipinski definition) is 5. The highest BCUT2D eigenvalue weighted by Gasteiger charge is 2.26. The van der Waals surface area contributed by atoms with E-state index in [9.17, 15) is 18.0 Å². The Balaban J connectivity index is 1.72. The molecule has 0 aliphatic carbocycles. The second kappa shape index (κ2) is 9.60. The topological polar surface area (TPSA) is 118 Å². The van der Waals surface area contributed by atoms with Crippen molar-refractivity contribution >= 4 is 33.2 Å². The molecule has 1 aromatic heterocycles. The Hall–Kier alpha value is -3.43. The molecule has 0 saturated carbocycles. The van der Waals surface area contributed by atoms with Gasteiger partial charge in [-0.25, -0.2) is 8.42 Å². The van der Waals surface area contributed by atoms with Gasteiger partial charge in [0.2, 0.25) is 15.9 Å². The fraction of sp³-hybridized carbons (Fsp3) is 0.250. The lowest BCUT2D eigenvalue weighted by Crippen LogP contribution is -2.42. The zero-order valence-corrected chi connectivity index (χ0v) is 20.0. The Labute approximate surface area is 193 Å². The molecule has 0 fully saturated rings. The number of sulfonamides is 1. The van der Waals surface area contributed by atoms with Crippen LogP contribution in [0.5, 0.6) is 0 Å². The van der Waals surface area contributed by atoms with E-state index in [0.29, 0.717) is 22.5 Å². The van der Waals surface area contributed by atoms with Crippen molar-refractivity contribution in [3.63, 3.8) is 0 Å². The third-order valence-electron chi connectivity index (χ3n) is 5.42. The summed E-state index contributed by atoms with van der Waals surface area (Å²) in [7, 11) is -3.93. The van der Waals surface area contributed by atoms with Crippen LogP contribution in [0.4, 0.5) is 11.4 Å². The summed E-state index contributed by atoms with van der Waals surface area (Å²) >= 11 is 0. The highest BCUT2D eigenvalue weighted by molar-refractivity contribution is 7.89. The van der Waals surface area contributed by atoms with Gasteiger partial charge in [-0.1, -0.05) is 12.1 Å². The Morgan fingerprint density at radius 3 is 2.06 bits per heavy atom. The fourth-order valence-corrected chi connectivity index (χ4v) is 5.27. The normalized spacial score (nSPS) is 12.3. The molecule has 9 heteroatoms. The lowest BCUT2D eigenvalue weighted by Gasteiger charge is -2.19. The van der Waals surface area contributed by atoms with Crippen LogP contribution in [0.3, 0.4) is 0 Å². The number of nitrogens with one attached hydrogen (secondary N) is 3. The molecule has 2 aromatic carbocycles. The molecular formula is C24H27N3O5S. The smallest absolute Gasteiger partial charge is 0.291 e. The summed E-state index contributed by atoms with van der Waals surface area (Å²) in [6.45, 7) is 8.69. The summed E-state index contributed by atoms with van der Waals surface area (Å²) in [5.74, 6) is -0.805. The van der Waals surface area contributed by atoms with Crippen molar-refractivity contribution in [3.8, 4) is 0 Å². The van der Waals surface area contributed by atoms with Crippen LogP contribution in [0.1, 0.15) is 39.7 Å². The monoisotopic (exact) mass is 469 g/mol. The molecule has 1 atom stereocenters. The number of hydrogen-bond donors (Lipinski definition) is 3. The minimum Gasteiger partial charge on any atom is -0.459 e. The van der Waals surface area contributed by atoms with E-state index in [1.54, 1.807) is 44.2 Å². The number of rotatable bonds is 7. The molecule has 0 saturated heterocycles. The first kappa shape index (κ1) is 24.2. The Kier molecular flexibility index (Phi) is 7.04. The minimum absolute atomic E-state index is 0.157. The Morgan fingerprint density at radius 1 is 0.879 bits per heavy atom. The number of aryl methyl sites for hydroxylation is 2. The number of carbonyl (C=O) groups excluding carboxylic acids is 2. The molecule has 8 nitrogen and oxygen atoms in total. The van der Waals surface area contributed by atoms with E-state index in [2.05, 4.69) is 15.4 Å². The van der Waals surface area contributed by atoms with Crippen molar-refractivity contribution in [2.45, 2.75) is 45.6 Å².